The van der Waals surface area contributed by atoms with Crippen LogP contribution in [-0.4, -0.2) is 42.7 Å². The predicted octanol–water partition coefficient (Wildman–Crippen LogP) is 4.58. The SMILES string of the molecule is CCN(C)C.COc1cncc2c1C1(O)CCC(c3ccccc3)C1(c1ccc(C#N)cc1)O2. The van der Waals surface area contributed by atoms with Gasteiger partial charge in [0, 0.05) is 5.92 Å². The first-order valence-corrected chi connectivity index (χ1v) is 11.6. The molecule has 0 bridgehead atoms. The van der Waals surface area contributed by atoms with Crippen molar-refractivity contribution in [3.8, 4) is 17.6 Å². The van der Waals surface area contributed by atoms with Gasteiger partial charge in [0.15, 0.2) is 5.60 Å². The van der Waals surface area contributed by atoms with Gasteiger partial charge in [0.25, 0.3) is 0 Å². The molecular formula is C28H31N3O3. The second kappa shape index (κ2) is 9.46. The molecule has 0 spiro atoms. The van der Waals surface area contributed by atoms with E-state index in [2.05, 4.69) is 49.1 Å². The summed E-state index contributed by atoms with van der Waals surface area (Å²) in [5.74, 6) is 0.991. The number of rotatable bonds is 4. The first-order chi connectivity index (χ1) is 16.4. The minimum Gasteiger partial charge on any atom is -0.495 e. The van der Waals surface area contributed by atoms with E-state index in [4.69, 9.17) is 9.47 Å². The van der Waals surface area contributed by atoms with Crippen molar-refractivity contribution in [3.05, 3.63) is 89.2 Å². The Morgan fingerprint density at radius 1 is 1.15 bits per heavy atom. The maximum Gasteiger partial charge on any atom is 0.174 e. The van der Waals surface area contributed by atoms with Gasteiger partial charge < -0.3 is 19.5 Å². The number of aromatic nitrogens is 1. The van der Waals surface area contributed by atoms with Crippen LogP contribution in [0.15, 0.2) is 67.0 Å². The van der Waals surface area contributed by atoms with Crippen molar-refractivity contribution < 1.29 is 14.6 Å². The molecule has 1 N–H and O–H groups in total. The summed E-state index contributed by atoms with van der Waals surface area (Å²) in [6.45, 7) is 3.26. The maximum atomic E-state index is 12.2. The fourth-order valence-corrected chi connectivity index (χ4v) is 5.11. The van der Waals surface area contributed by atoms with Crippen LogP contribution in [-0.2, 0) is 11.2 Å². The largest absolute Gasteiger partial charge is 0.495 e. The third kappa shape index (κ3) is 3.71. The molecule has 1 aromatic heterocycles. The van der Waals surface area contributed by atoms with Crippen molar-refractivity contribution in [2.45, 2.75) is 36.9 Å². The maximum absolute atomic E-state index is 12.2. The van der Waals surface area contributed by atoms with Crippen molar-refractivity contribution in [2.24, 2.45) is 0 Å². The van der Waals surface area contributed by atoms with Gasteiger partial charge in [0.05, 0.1) is 36.7 Å². The van der Waals surface area contributed by atoms with E-state index in [0.29, 0.717) is 29.0 Å². The Morgan fingerprint density at radius 2 is 1.82 bits per heavy atom. The van der Waals surface area contributed by atoms with E-state index < -0.39 is 11.2 Å². The van der Waals surface area contributed by atoms with Crippen LogP contribution < -0.4 is 9.47 Å². The van der Waals surface area contributed by atoms with Crippen molar-refractivity contribution in [2.75, 3.05) is 27.7 Å². The minimum absolute atomic E-state index is 0.0706. The van der Waals surface area contributed by atoms with E-state index in [9.17, 15) is 10.4 Å². The number of methoxy groups -OCH3 is 1. The molecular weight excluding hydrogens is 426 g/mol. The third-order valence-electron chi connectivity index (χ3n) is 6.96. The number of fused-ring (bicyclic) bond motifs is 3. The molecule has 6 heteroatoms. The number of benzene rings is 2. The van der Waals surface area contributed by atoms with Crippen LogP contribution in [0.3, 0.4) is 0 Å². The molecule has 5 rings (SSSR count). The number of nitriles is 1. The first kappa shape index (κ1) is 23.7. The zero-order chi connectivity index (χ0) is 24.3. The fraction of sp³-hybridized carbons (Fsp3) is 0.357. The van der Waals surface area contributed by atoms with Crippen LogP contribution in [0.4, 0.5) is 0 Å². The quantitative estimate of drug-likeness (QED) is 0.618. The Hall–Kier alpha value is -3.40. The number of aliphatic hydroxyl groups is 1. The molecule has 2 aliphatic rings. The second-order valence-corrected chi connectivity index (χ2v) is 9.00. The summed E-state index contributed by atoms with van der Waals surface area (Å²) in [4.78, 5) is 6.36. The normalized spacial score (nSPS) is 24.3. The van der Waals surface area contributed by atoms with Crippen LogP contribution in [0, 0.1) is 11.3 Å². The molecule has 0 radical (unpaired) electrons. The number of nitrogens with zero attached hydrogens (tertiary/aromatic N) is 3. The molecule has 3 aromatic rings. The average Bonchev–Trinajstić information content (AvgIpc) is 3.32. The molecule has 3 unspecified atom stereocenters. The first-order valence-electron chi connectivity index (χ1n) is 11.6. The molecule has 0 amide bonds. The number of hydrogen-bond donors (Lipinski definition) is 1. The van der Waals surface area contributed by atoms with Gasteiger partial charge in [0.2, 0.25) is 0 Å². The van der Waals surface area contributed by atoms with Crippen LogP contribution in [0.25, 0.3) is 0 Å². The molecule has 1 aliphatic heterocycles. The highest BCUT2D eigenvalue weighted by molar-refractivity contribution is 5.57. The highest BCUT2D eigenvalue weighted by atomic mass is 16.5. The average molecular weight is 458 g/mol. The molecule has 34 heavy (non-hydrogen) atoms. The van der Waals surface area contributed by atoms with Crippen LogP contribution in [0.2, 0.25) is 0 Å². The van der Waals surface area contributed by atoms with Crippen LogP contribution >= 0.6 is 0 Å². The van der Waals surface area contributed by atoms with Crippen LogP contribution in [0.5, 0.6) is 11.5 Å². The van der Waals surface area contributed by atoms with Gasteiger partial charge >= 0.3 is 0 Å². The third-order valence-corrected chi connectivity index (χ3v) is 6.96. The summed E-state index contributed by atoms with van der Waals surface area (Å²) < 4.78 is 12.2. The lowest BCUT2D eigenvalue weighted by atomic mass is 9.71. The molecule has 3 atom stereocenters. The molecule has 176 valence electrons. The van der Waals surface area contributed by atoms with E-state index in [-0.39, 0.29) is 5.92 Å². The van der Waals surface area contributed by atoms with Gasteiger partial charge in [-0.25, -0.2) is 0 Å². The summed E-state index contributed by atoms with van der Waals surface area (Å²) in [7, 11) is 5.69. The van der Waals surface area contributed by atoms with E-state index in [1.807, 2.05) is 30.3 Å². The Bertz CT molecular complexity index is 1170. The number of hydrogen-bond acceptors (Lipinski definition) is 6. The highest BCUT2D eigenvalue weighted by Crippen LogP contribution is 2.67. The summed E-state index contributed by atoms with van der Waals surface area (Å²) in [6, 6.07) is 19.6. The number of pyridine rings is 1. The fourth-order valence-electron chi connectivity index (χ4n) is 5.11. The van der Waals surface area contributed by atoms with Gasteiger partial charge in [-0.05, 0) is 56.7 Å². The van der Waals surface area contributed by atoms with E-state index in [1.54, 1.807) is 31.6 Å². The molecule has 0 saturated heterocycles. The molecule has 2 aromatic carbocycles. The molecule has 1 fully saturated rings. The van der Waals surface area contributed by atoms with Gasteiger partial charge in [-0.3, -0.25) is 4.98 Å². The highest BCUT2D eigenvalue weighted by Gasteiger charge is 2.69. The zero-order valence-electron chi connectivity index (χ0n) is 20.2. The smallest absolute Gasteiger partial charge is 0.174 e. The summed E-state index contributed by atoms with van der Waals surface area (Å²) >= 11 is 0. The Kier molecular flexibility index (Phi) is 6.60. The topological polar surface area (TPSA) is 78.6 Å². The lowest BCUT2D eigenvalue weighted by Gasteiger charge is -2.40. The zero-order valence-corrected chi connectivity index (χ0v) is 20.2. The van der Waals surface area contributed by atoms with E-state index in [0.717, 1.165) is 24.1 Å². The molecule has 6 nitrogen and oxygen atoms in total. The van der Waals surface area contributed by atoms with Gasteiger partial charge in [0.1, 0.15) is 17.1 Å². The minimum atomic E-state index is -1.27. The number of ether oxygens (including phenoxy) is 2. The van der Waals surface area contributed by atoms with Gasteiger partial charge in [-0.15, -0.1) is 0 Å². The van der Waals surface area contributed by atoms with E-state index in [1.165, 1.54) is 0 Å². The second-order valence-electron chi connectivity index (χ2n) is 9.00. The Balaban J connectivity index is 0.000000499. The van der Waals surface area contributed by atoms with Crippen molar-refractivity contribution in [1.29, 1.82) is 5.26 Å². The van der Waals surface area contributed by atoms with Gasteiger partial charge in [-0.1, -0.05) is 49.4 Å². The van der Waals surface area contributed by atoms with E-state index >= 15 is 0 Å². The molecule has 2 heterocycles. The standard InChI is InChI=1S/C24H20N2O3.C4H11N/c1-28-20-14-26-15-21-22(20)23(27)12-11-19(17-5-3-2-4-6-17)24(23,29-21)18-9-7-16(13-25)8-10-18;1-4-5(2)3/h2-10,14-15,19,27H,11-12H2,1H3;4H2,1-3H3. The van der Waals surface area contributed by atoms with Gasteiger partial charge in [-0.2, -0.15) is 5.26 Å². The van der Waals surface area contributed by atoms with Crippen molar-refractivity contribution in [1.82, 2.24) is 9.88 Å². The lowest BCUT2D eigenvalue weighted by molar-refractivity contribution is -0.106. The predicted molar refractivity (Wildman–Crippen MR) is 131 cm³/mol. The van der Waals surface area contributed by atoms with Crippen molar-refractivity contribution >= 4 is 0 Å². The molecule has 1 aliphatic carbocycles. The lowest BCUT2D eigenvalue weighted by Crippen LogP contribution is -2.48. The summed E-state index contributed by atoms with van der Waals surface area (Å²) in [5, 5.41) is 21.4. The molecule has 1 saturated carbocycles. The monoisotopic (exact) mass is 457 g/mol. The van der Waals surface area contributed by atoms with Crippen molar-refractivity contribution in [3.63, 3.8) is 0 Å². The Labute approximate surface area is 201 Å². The Morgan fingerprint density at radius 3 is 2.41 bits per heavy atom. The summed E-state index contributed by atoms with van der Waals surface area (Å²) in [6.07, 6.45) is 4.54. The summed E-state index contributed by atoms with van der Waals surface area (Å²) in [5.41, 5.74) is 0.860. The van der Waals surface area contributed by atoms with Crippen LogP contribution in [0.1, 0.15) is 47.9 Å².